The quantitative estimate of drug-likeness (QED) is 0.619. The fourth-order valence-corrected chi connectivity index (χ4v) is 3.31. The number of aromatic nitrogens is 2. The van der Waals surface area contributed by atoms with E-state index in [9.17, 15) is 10.1 Å². The van der Waals surface area contributed by atoms with Crippen LogP contribution in [0.2, 0.25) is 0 Å². The van der Waals surface area contributed by atoms with Crippen molar-refractivity contribution in [3.63, 3.8) is 0 Å². The summed E-state index contributed by atoms with van der Waals surface area (Å²) in [5.74, 6) is 0.911. The first-order valence-corrected chi connectivity index (χ1v) is 9.40. The molecule has 1 aliphatic heterocycles. The molecule has 2 fully saturated rings. The molecule has 1 saturated heterocycles. The average molecular weight is 368 g/mol. The molecule has 1 aliphatic carbocycles. The van der Waals surface area contributed by atoms with Crippen LogP contribution in [0.1, 0.15) is 24.0 Å². The zero-order valence-corrected chi connectivity index (χ0v) is 15.5. The van der Waals surface area contributed by atoms with Gasteiger partial charge >= 0.3 is 5.69 Å². The molecule has 1 aromatic heterocycles. The standard InChI is InChI=1S/C19H24N6O2/c1-14-4-2-3-5-15(14)13-23-8-10-24(11-9-23)19-20-12-17(25(26)27)18(22-19)21-16-6-7-16/h2-5,12,16H,6-11,13H2,1H3,(H,20,21,22). The van der Waals surface area contributed by atoms with Crippen LogP contribution >= 0.6 is 0 Å². The first-order chi connectivity index (χ1) is 13.1. The maximum absolute atomic E-state index is 11.2. The van der Waals surface area contributed by atoms with E-state index in [0.717, 1.165) is 45.6 Å². The molecular formula is C19H24N6O2. The molecular weight excluding hydrogens is 344 g/mol. The van der Waals surface area contributed by atoms with E-state index in [4.69, 9.17) is 0 Å². The second-order valence-corrected chi connectivity index (χ2v) is 7.27. The summed E-state index contributed by atoms with van der Waals surface area (Å²) in [6, 6.07) is 8.77. The van der Waals surface area contributed by atoms with E-state index in [1.807, 2.05) is 0 Å². The minimum atomic E-state index is -0.422. The van der Waals surface area contributed by atoms with E-state index in [1.54, 1.807) is 0 Å². The van der Waals surface area contributed by atoms with Crippen LogP contribution in [-0.4, -0.2) is 52.0 Å². The highest BCUT2D eigenvalue weighted by molar-refractivity contribution is 5.58. The lowest BCUT2D eigenvalue weighted by atomic mass is 10.1. The van der Waals surface area contributed by atoms with Gasteiger partial charge in [0.15, 0.2) is 0 Å². The van der Waals surface area contributed by atoms with Crippen molar-refractivity contribution in [2.45, 2.75) is 32.4 Å². The first kappa shape index (κ1) is 17.7. The van der Waals surface area contributed by atoms with Crippen molar-refractivity contribution in [2.75, 3.05) is 36.4 Å². The topological polar surface area (TPSA) is 87.4 Å². The van der Waals surface area contributed by atoms with Gasteiger partial charge in [-0.25, -0.2) is 4.98 Å². The molecule has 2 aliphatic rings. The Balaban J connectivity index is 1.41. The Hall–Kier alpha value is -2.74. The molecule has 8 heteroatoms. The van der Waals surface area contributed by atoms with Gasteiger partial charge < -0.3 is 10.2 Å². The highest BCUT2D eigenvalue weighted by atomic mass is 16.6. The van der Waals surface area contributed by atoms with Crippen LogP contribution in [0.5, 0.6) is 0 Å². The summed E-state index contributed by atoms with van der Waals surface area (Å²) in [5.41, 5.74) is 2.62. The number of hydrogen-bond donors (Lipinski definition) is 1. The van der Waals surface area contributed by atoms with Gasteiger partial charge in [0.1, 0.15) is 6.20 Å². The lowest BCUT2D eigenvalue weighted by Gasteiger charge is -2.35. The van der Waals surface area contributed by atoms with Gasteiger partial charge in [0.25, 0.3) is 0 Å². The number of hydrogen-bond acceptors (Lipinski definition) is 7. The molecule has 4 rings (SSSR count). The maximum atomic E-state index is 11.2. The van der Waals surface area contributed by atoms with Gasteiger partial charge in [0.2, 0.25) is 11.8 Å². The second kappa shape index (κ2) is 7.48. The lowest BCUT2D eigenvalue weighted by molar-refractivity contribution is -0.384. The number of aryl methyl sites for hydroxylation is 1. The Bertz CT molecular complexity index is 831. The maximum Gasteiger partial charge on any atom is 0.329 e. The third-order valence-electron chi connectivity index (χ3n) is 5.18. The fraction of sp³-hybridized carbons (Fsp3) is 0.474. The monoisotopic (exact) mass is 368 g/mol. The SMILES string of the molecule is Cc1ccccc1CN1CCN(c2ncc([N+](=O)[O-])c(NC3CC3)n2)CC1. The van der Waals surface area contributed by atoms with Gasteiger partial charge in [-0.2, -0.15) is 4.98 Å². The van der Waals surface area contributed by atoms with E-state index in [0.29, 0.717) is 17.8 Å². The molecule has 0 atom stereocenters. The van der Waals surface area contributed by atoms with E-state index < -0.39 is 4.92 Å². The molecule has 2 aromatic rings. The molecule has 8 nitrogen and oxygen atoms in total. The molecule has 1 aromatic carbocycles. The summed E-state index contributed by atoms with van der Waals surface area (Å²) in [5, 5.41) is 14.4. The Labute approximate surface area is 158 Å². The summed E-state index contributed by atoms with van der Waals surface area (Å²) in [7, 11) is 0. The van der Waals surface area contributed by atoms with E-state index in [2.05, 4.69) is 56.3 Å². The Morgan fingerprint density at radius 3 is 2.63 bits per heavy atom. The molecule has 0 radical (unpaired) electrons. The Kier molecular flexibility index (Phi) is 4.89. The molecule has 1 saturated carbocycles. The molecule has 27 heavy (non-hydrogen) atoms. The molecule has 0 spiro atoms. The third-order valence-corrected chi connectivity index (χ3v) is 5.18. The van der Waals surface area contributed by atoms with Gasteiger partial charge in [-0.15, -0.1) is 0 Å². The van der Waals surface area contributed by atoms with Crippen LogP contribution in [-0.2, 0) is 6.54 Å². The molecule has 0 bridgehead atoms. The minimum Gasteiger partial charge on any atom is -0.361 e. The summed E-state index contributed by atoms with van der Waals surface area (Å²) >= 11 is 0. The van der Waals surface area contributed by atoms with Crippen molar-refractivity contribution in [3.05, 3.63) is 51.7 Å². The van der Waals surface area contributed by atoms with Crippen molar-refractivity contribution in [1.82, 2.24) is 14.9 Å². The minimum absolute atomic E-state index is 0.0520. The van der Waals surface area contributed by atoms with Crippen molar-refractivity contribution >= 4 is 17.5 Å². The number of nitrogens with one attached hydrogen (secondary N) is 1. The van der Waals surface area contributed by atoms with Gasteiger partial charge in [-0.1, -0.05) is 24.3 Å². The zero-order chi connectivity index (χ0) is 18.8. The number of nitro groups is 1. The van der Waals surface area contributed by atoms with Gasteiger partial charge in [0.05, 0.1) is 4.92 Å². The fourth-order valence-electron chi connectivity index (χ4n) is 3.31. The second-order valence-electron chi connectivity index (χ2n) is 7.27. The molecule has 142 valence electrons. The van der Waals surface area contributed by atoms with E-state index in [1.165, 1.54) is 17.3 Å². The van der Waals surface area contributed by atoms with Crippen molar-refractivity contribution < 1.29 is 4.92 Å². The van der Waals surface area contributed by atoms with Crippen LogP contribution < -0.4 is 10.2 Å². The first-order valence-electron chi connectivity index (χ1n) is 9.40. The third kappa shape index (κ3) is 4.16. The van der Waals surface area contributed by atoms with Gasteiger partial charge in [0, 0.05) is 38.8 Å². The van der Waals surface area contributed by atoms with Crippen LogP contribution in [0.25, 0.3) is 0 Å². The van der Waals surface area contributed by atoms with Crippen LogP contribution in [0.3, 0.4) is 0 Å². The predicted octanol–water partition coefficient (Wildman–Crippen LogP) is 2.59. The van der Waals surface area contributed by atoms with Crippen LogP contribution in [0.4, 0.5) is 17.5 Å². The van der Waals surface area contributed by atoms with Crippen molar-refractivity contribution in [2.24, 2.45) is 0 Å². The van der Waals surface area contributed by atoms with Crippen LogP contribution in [0.15, 0.2) is 30.5 Å². The molecule has 2 heterocycles. The van der Waals surface area contributed by atoms with Crippen molar-refractivity contribution in [3.8, 4) is 0 Å². The highest BCUT2D eigenvalue weighted by Crippen LogP contribution is 2.30. The zero-order valence-electron chi connectivity index (χ0n) is 15.5. The van der Waals surface area contributed by atoms with Gasteiger partial charge in [-0.3, -0.25) is 15.0 Å². The average Bonchev–Trinajstić information content (AvgIpc) is 3.48. The molecule has 0 unspecified atom stereocenters. The number of anilines is 2. The smallest absolute Gasteiger partial charge is 0.329 e. The molecule has 0 amide bonds. The Morgan fingerprint density at radius 2 is 1.96 bits per heavy atom. The van der Waals surface area contributed by atoms with Gasteiger partial charge in [-0.05, 0) is 30.9 Å². The summed E-state index contributed by atoms with van der Waals surface area (Å²) in [6.45, 7) is 6.54. The number of benzene rings is 1. The Morgan fingerprint density at radius 1 is 1.22 bits per heavy atom. The lowest BCUT2D eigenvalue weighted by Crippen LogP contribution is -2.46. The summed E-state index contributed by atoms with van der Waals surface area (Å²) < 4.78 is 0. The largest absolute Gasteiger partial charge is 0.361 e. The number of rotatable bonds is 6. The highest BCUT2D eigenvalue weighted by Gasteiger charge is 2.28. The summed E-state index contributed by atoms with van der Waals surface area (Å²) in [6.07, 6.45) is 3.40. The normalized spacial score (nSPS) is 17.7. The molecule has 1 N–H and O–H groups in total. The van der Waals surface area contributed by atoms with Crippen LogP contribution in [0, 0.1) is 17.0 Å². The van der Waals surface area contributed by atoms with E-state index >= 15 is 0 Å². The summed E-state index contributed by atoms with van der Waals surface area (Å²) in [4.78, 5) is 24.0. The van der Waals surface area contributed by atoms with Crippen molar-refractivity contribution in [1.29, 1.82) is 0 Å². The predicted molar refractivity (Wildman–Crippen MR) is 104 cm³/mol. The number of nitrogens with zero attached hydrogens (tertiary/aromatic N) is 5. The van der Waals surface area contributed by atoms with E-state index in [-0.39, 0.29) is 5.69 Å². The number of piperazine rings is 1.